The minimum atomic E-state index is -0.346. The molecule has 160 valence electrons. The van der Waals surface area contributed by atoms with Gasteiger partial charge < -0.3 is 25.3 Å². The van der Waals surface area contributed by atoms with E-state index in [1.807, 2.05) is 12.3 Å². The highest BCUT2D eigenvalue weighted by molar-refractivity contribution is 7.98. The second-order valence-electron chi connectivity index (χ2n) is 6.94. The normalized spacial score (nSPS) is 14.8. The van der Waals surface area contributed by atoms with Gasteiger partial charge in [-0.05, 0) is 47.9 Å². The number of hydrogen-bond donors (Lipinski definition) is 2. The van der Waals surface area contributed by atoms with E-state index >= 15 is 0 Å². The summed E-state index contributed by atoms with van der Waals surface area (Å²) in [7, 11) is 4.61. The van der Waals surface area contributed by atoms with E-state index in [2.05, 4.69) is 5.32 Å². The second kappa shape index (κ2) is 8.87. The van der Waals surface area contributed by atoms with Crippen LogP contribution in [0.3, 0.4) is 0 Å². The summed E-state index contributed by atoms with van der Waals surface area (Å²) in [5.74, 6) is 1.10. The molecule has 0 radical (unpaired) electrons. The van der Waals surface area contributed by atoms with Gasteiger partial charge in [0.1, 0.15) is 0 Å². The number of nitrogens with one attached hydrogen (secondary N) is 1. The van der Waals surface area contributed by atoms with Crippen LogP contribution in [0, 0.1) is 0 Å². The molecule has 3 N–H and O–H groups in total. The summed E-state index contributed by atoms with van der Waals surface area (Å²) in [6.07, 6.45) is 2.99. The molecule has 1 amide bonds. The summed E-state index contributed by atoms with van der Waals surface area (Å²) < 4.78 is 16.8. The number of methoxy groups -OCH3 is 3. The molecule has 0 saturated heterocycles. The Bertz CT molecular complexity index is 1050. The molecule has 8 heteroatoms. The van der Waals surface area contributed by atoms with Crippen LogP contribution in [0.15, 0.2) is 27.9 Å². The third kappa shape index (κ3) is 3.67. The fourth-order valence-electron chi connectivity index (χ4n) is 4.03. The molecule has 3 rings (SSSR count). The molecule has 1 atom stereocenters. The number of hydrogen-bond acceptors (Lipinski definition) is 7. The van der Waals surface area contributed by atoms with Crippen molar-refractivity contribution in [1.82, 2.24) is 5.32 Å². The molecule has 0 fully saturated rings. The maximum atomic E-state index is 12.8. The number of rotatable bonds is 5. The molecule has 0 spiro atoms. The van der Waals surface area contributed by atoms with Gasteiger partial charge in [0.05, 0.1) is 38.0 Å². The molecule has 0 heterocycles. The van der Waals surface area contributed by atoms with Crippen molar-refractivity contribution < 1.29 is 19.0 Å². The van der Waals surface area contributed by atoms with Crippen LogP contribution in [-0.2, 0) is 11.2 Å². The first-order valence-electron chi connectivity index (χ1n) is 9.47. The van der Waals surface area contributed by atoms with Crippen LogP contribution in [0.5, 0.6) is 17.2 Å². The number of carbonyl (C=O) groups excluding carboxylic acids is 1. The molecular weight excluding hydrogens is 404 g/mol. The second-order valence-corrected chi connectivity index (χ2v) is 7.79. The van der Waals surface area contributed by atoms with Crippen LogP contribution < -0.4 is 30.7 Å². The highest BCUT2D eigenvalue weighted by atomic mass is 32.2. The number of thioether (sulfide) groups is 1. The van der Waals surface area contributed by atoms with E-state index in [4.69, 9.17) is 19.9 Å². The van der Waals surface area contributed by atoms with Gasteiger partial charge in [0.2, 0.25) is 11.7 Å². The first kappa shape index (κ1) is 21.8. The molecule has 1 aliphatic rings. The summed E-state index contributed by atoms with van der Waals surface area (Å²) in [5, 5.41) is 2.98. The summed E-state index contributed by atoms with van der Waals surface area (Å²) >= 11 is 1.38. The minimum absolute atomic E-state index is 0.102. The van der Waals surface area contributed by atoms with Gasteiger partial charge in [-0.1, -0.05) is 6.07 Å². The molecule has 2 aromatic carbocycles. The standard InChI is InChI=1S/C22H26N2O5S/c1-11(25)24-15-8-6-13-18(12-7-9-17(30-5)16(26)10-14(12)15)20(27-2)22(29-4)21(28-3)19(13)23/h7,9-10,15H,6,8,23H2,1-5H3,(H,24,25). The van der Waals surface area contributed by atoms with Gasteiger partial charge in [-0.2, -0.15) is 0 Å². The van der Waals surface area contributed by atoms with Crippen LogP contribution in [0.2, 0.25) is 0 Å². The molecule has 2 aromatic rings. The van der Waals surface area contributed by atoms with E-state index in [1.165, 1.54) is 32.9 Å². The Kier molecular flexibility index (Phi) is 6.45. The fraction of sp³-hybridized carbons (Fsp3) is 0.364. The lowest BCUT2D eigenvalue weighted by Gasteiger charge is -2.21. The van der Waals surface area contributed by atoms with Crippen molar-refractivity contribution in [3.8, 4) is 28.4 Å². The van der Waals surface area contributed by atoms with E-state index in [1.54, 1.807) is 19.2 Å². The average Bonchev–Trinajstić information content (AvgIpc) is 2.96. The van der Waals surface area contributed by atoms with Crippen molar-refractivity contribution in [3.05, 3.63) is 39.5 Å². The van der Waals surface area contributed by atoms with Crippen molar-refractivity contribution in [1.29, 1.82) is 0 Å². The first-order valence-corrected chi connectivity index (χ1v) is 10.7. The van der Waals surface area contributed by atoms with Gasteiger partial charge in [0.25, 0.3) is 0 Å². The molecule has 0 aliphatic heterocycles. The third-order valence-corrected chi connectivity index (χ3v) is 6.07. The lowest BCUT2D eigenvalue weighted by molar-refractivity contribution is -0.119. The zero-order valence-corrected chi connectivity index (χ0v) is 18.6. The van der Waals surface area contributed by atoms with Crippen molar-refractivity contribution in [2.24, 2.45) is 0 Å². The molecule has 30 heavy (non-hydrogen) atoms. The molecular formula is C22H26N2O5S. The Balaban J connectivity index is 2.47. The van der Waals surface area contributed by atoms with Gasteiger partial charge in [0.15, 0.2) is 16.9 Å². The number of benzene rings is 1. The molecule has 0 bridgehead atoms. The SMILES string of the molecule is COc1c(N)c2c(c(OC)c1OC)-c1ccc(SC)c(=O)cc1C(NC(C)=O)CC2. The molecule has 1 unspecified atom stereocenters. The van der Waals surface area contributed by atoms with Crippen molar-refractivity contribution in [2.75, 3.05) is 33.3 Å². The van der Waals surface area contributed by atoms with Crippen molar-refractivity contribution in [3.63, 3.8) is 0 Å². The monoisotopic (exact) mass is 430 g/mol. The Morgan fingerprint density at radius 2 is 1.80 bits per heavy atom. The summed E-state index contributed by atoms with van der Waals surface area (Å²) in [6.45, 7) is 1.47. The number of nitrogens with two attached hydrogens (primary N) is 1. The molecule has 0 saturated carbocycles. The van der Waals surface area contributed by atoms with Gasteiger partial charge in [0, 0.05) is 12.5 Å². The molecule has 0 aromatic heterocycles. The maximum absolute atomic E-state index is 12.8. The zero-order valence-electron chi connectivity index (χ0n) is 17.8. The number of nitrogen functional groups attached to an aromatic ring is 1. The van der Waals surface area contributed by atoms with Crippen LogP contribution in [0.25, 0.3) is 11.1 Å². The highest BCUT2D eigenvalue weighted by Crippen LogP contribution is 2.53. The van der Waals surface area contributed by atoms with Gasteiger partial charge in [-0.3, -0.25) is 9.59 Å². The summed E-state index contributed by atoms with van der Waals surface area (Å²) in [5.41, 5.74) is 9.92. The fourth-order valence-corrected chi connectivity index (χ4v) is 4.49. The van der Waals surface area contributed by atoms with E-state index in [-0.39, 0.29) is 17.4 Å². The van der Waals surface area contributed by atoms with Crippen LogP contribution >= 0.6 is 11.8 Å². The average molecular weight is 431 g/mol. The van der Waals surface area contributed by atoms with E-state index in [0.717, 1.165) is 22.3 Å². The summed E-state index contributed by atoms with van der Waals surface area (Å²) in [6, 6.07) is 4.93. The smallest absolute Gasteiger partial charge is 0.217 e. The van der Waals surface area contributed by atoms with Crippen molar-refractivity contribution >= 4 is 23.4 Å². The third-order valence-electron chi connectivity index (χ3n) is 5.29. The Morgan fingerprint density at radius 3 is 2.37 bits per heavy atom. The van der Waals surface area contributed by atoms with Crippen molar-refractivity contribution in [2.45, 2.75) is 30.7 Å². The first-order chi connectivity index (χ1) is 14.4. The highest BCUT2D eigenvalue weighted by Gasteiger charge is 2.31. The van der Waals surface area contributed by atoms with Crippen LogP contribution in [0.4, 0.5) is 5.69 Å². The topological polar surface area (TPSA) is 99.9 Å². The maximum Gasteiger partial charge on any atom is 0.217 e. The Labute approximate surface area is 179 Å². The number of anilines is 1. The van der Waals surface area contributed by atoms with Crippen LogP contribution in [-0.4, -0.2) is 33.5 Å². The quantitative estimate of drug-likeness (QED) is 0.555. The molecule has 1 aliphatic carbocycles. The number of carbonyl (C=O) groups is 1. The van der Waals surface area contributed by atoms with Gasteiger partial charge in [-0.15, -0.1) is 11.8 Å². The minimum Gasteiger partial charge on any atom is -0.492 e. The number of ether oxygens (including phenoxy) is 3. The van der Waals surface area contributed by atoms with Crippen LogP contribution in [0.1, 0.15) is 30.5 Å². The number of fused-ring (bicyclic) bond motifs is 3. The Hall–Kier alpha value is -2.87. The Morgan fingerprint density at radius 1 is 1.13 bits per heavy atom. The van der Waals surface area contributed by atoms with Gasteiger partial charge >= 0.3 is 0 Å². The van der Waals surface area contributed by atoms with Gasteiger partial charge in [-0.25, -0.2) is 0 Å². The van der Waals surface area contributed by atoms with E-state index in [9.17, 15) is 9.59 Å². The largest absolute Gasteiger partial charge is 0.492 e. The lowest BCUT2D eigenvalue weighted by atomic mass is 9.94. The summed E-state index contributed by atoms with van der Waals surface area (Å²) in [4.78, 5) is 25.3. The van der Waals surface area contributed by atoms with E-state index < -0.39 is 0 Å². The van der Waals surface area contributed by atoms with E-state index in [0.29, 0.717) is 40.7 Å². The predicted molar refractivity (Wildman–Crippen MR) is 119 cm³/mol. The lowest BCUT2D eigenvalue weighted by Crippen LogP contribution is -2.26. The zero-order chi connectivity index (χ0) is 22.0. The predicted octanol–water partition coefficient (Wildman–Crippen LogP) is 3.17. The molecule has 7 nitrogen and oxygen atoms in total. The number of amides is 1.